The Kier molecular flexibility index (Phi) is 3.64. The van der Waals surface area contributed by atoms with Gasteiger partial charge in [0.25, 0.3) is 0 Å². The summed E-state index contributed by atoms with van der Waals surface area (Å²) in [7, 11) is 0. The van der Waals surface area contributed by atoms with E-state index in [4.69, 9.17) is 4.74 Å². The molecule has 0 saturated carbocycles. The zero-order chi connectivity index (χ0) is 14.7. The van der Waals surface area contributed by atoms with Crippen LogP contribution in [0.1, 0.15) is 16.8 Å². The summed E-state index contributed by atoms with van der Waals surface area (Å²) in [5.41, 5.74) is 4.30. The molecule has 0 spiro atoms. The number of carbonyl (C=O) groups is 1. The predicted octanol–water partition coefficient (Wildman–Crippen LogP) is 3.26. The van der Waals surface area contributed by atoms with Crippen molar-refractivity contribution < 1.29 is 13.9 Å². The lowest BCUT2D eigenvalue weighted by molar-refractivity contribution is 0.106. The van der Waals surface area contributed by atoms with E-state index < -0.39 is 0 Å². The summed E-state index contributed by atoms with van der Waals surface area (Å²) in [6, 6.07) is 12.9. The molecule has 0 saturated heterocycles. The second kappa shape index (κ2) is 5.75. The number of hydrogen-bond donors (Lipinski definition) is 1. The number of para-hydroxylation sites is 1. The maximum atomic E-state index is 12.8. The number of halogens is 1. The van der Waals surface area contributed by atoms with E-state index in [2.05, 4.69) is 10.5 Å². The molecule has 0 fully saturated rings. The highest BCUT2D eigenvalue weighted by Crippen LogP contribution is 2.22. The number of anilines is 1. The molecule has 2 aromatic carbocycles. The van der Waals surface area contributed by atoms with Crippen LogP contribution in [-0.2, 0) is 0 Å². The van der Waals surface area contributed by atoms with Gasteiger partial charge in [0.2, 0.25) is 5.78 Å². The molecule has 0 aliphatic carbocycles. The first-order valence-electron chi connectivity index (χ1n) is 6.59. The maximum Gasteiger partial charge on any atom is 0.212 e. The minimum atomic E-state index is -0.318. The molecule has 106 valence electrons. The summed E-state index contributed by atoms with van der Waals surface area (Å²) in [4.78, 5) is 12.4. The second-order valence-corrected chi connectivity index (χ2v) is 4.60. The van der Waals surface area contributed by atoms with Gasteiger partial charge in [-0.3, -0.25) is 10.2 Å². The summed E-state index contributed by atoms with van der Waals surface area (Å²) in [5.74, 6) is 0.105. The lowest BCUT2D eigenvalue weighted by Crippen LogP contribution is -2.15. The van der Waals surface area contributed by atoms with Crippen LogP contribution >= 0.6 is 0 Å². The SMILES string of the molecule is O=C1/C(=N\Nc2ccc(F)cc2)CCOc2ccccc21. The molecule has 3 rings (SSSR count). The first-order valence-corrected chi connectivity index (χ1v) is 6.59. The quantitative estimate of drug-likeness (QED) is 0.861. The fourth-order valence-electron chi connectivity index (χ4n) is 2.07. The van der Waals surface area contributed by atoms with Gasteiger partial charge in [-0.25, -0.2) is 4.39 Å². The van der Waals surface area contributed by atoms with Crippen LogP contribution in [0, 0.1) is 5.82 Å². The summed E-state index contributed by atoms with van der Waals surface area (Å²) < 4.78 is 18.4. The van der Waals surface area contributed by atoms with Crippen LogP contribution in [0.5, 0.6) is 5.75 Å². The van der Waals surface area contributed by atoms with Crippen LogP contribution in [0.15, 0.2) is 53.6 Å². The highest BCUT2D eigenvalue weighted by molar-refractivity contribution is 6.46. The van der Waals surface area contributed by atoms with Gasteiger partial charge >= 0.3 is 0 Å². The van der Waals surface area contributed by atoms with Crippen molar-refractivity contribution in [3.63, 3.8) is 0 Å². The smallest absolute Gasteiger partial charge is 0.212 e. The van der Waals surface area contributed by atoms with E-state index >= 15 is 0 Å². The van der Waals surface area contributed by atoms with Gasteiger partial charge in [0.15, 0.2) is 0 Å². The Balaban J connectivity index is 1.83. The molecule has 0 aromatic heterocycles. The third-order valence-corrected chi connectivity index (χ3v) is 3.15. The maximum absolute atomic E-state index is 12.8. The summed E-state index contributed by atoms with van der Waals surface area (Å²) in [6.07, 6.45) is 0.418. The monoisotopic (exact) mass is 284 g/mol. The average Bonchev–Trinajstić information content (AvgIpc) is 2.67. The van der Waals surface area contributed by atoms with Crippen LogP contribution in [-0.4, -0.2) is 18.1 Å². The zero-order valence-electron chi connectivity index (χ0n) is 11.2. The van der Waals surface area contributed by atoms with Crippen LogP contribution < -0.4 is 10.2 Å². The van der Waals surface area contributed by atoms with Gasteiger partial charge in [-0.05, 0) is 36.4 Å². The van der Waals surface area contributed by atoms with Crippen molar-refractivity contribution >= 4 is 17.2 Å². The largest absolute Gasteiger partial charge is 0.492 e. The van der Waals surface area contributed by atoms with E-state index in [-0.39, 0.29) is 11.6 Å². The van der Waals surface area contributed by atoms with Crippen molar-refractivity contribution in [2.45, 2.75) is 6.42 Å². The molecule has 1 aliphatic heterocycles. The average molecular weight is 284 g/mol. The Labute approximate surface area is 121 Å². The van der Waals surface area contributed by atoms with E-state index in [0.29, 0.717) is 35.7 Å². The first-order chi connectivity index (χ1) is 10.2. The molecule has 2 aromatic rings. The minimum Gasteiger partial charge on any atom is -0.492 e. The molecule has 0 radical (unpaired) electrons. The Morgan fingerprint density at radius 2 is 1.86 bits per heavy atom. The number of hydrogen-bond acceptors (Lipinski definition) is 4. The third-order valence-electron chi connectivity index (χ3n) is 3.15. The highest BCUT2D eigenvalue weighted by atomic mass is 19.1. The molecule has 0 atom stereocenters. The standard InChI is InChI=1S/C16H13FN2O2/c17-11-5-7-12(8-6-11)18-19-14-9-10-21-15-4-2-1-3-13(15)16(14)20/h1-8,18H,9-10H2/b19-14-. The molecule has 0 bridgehead atoms. The number of hydrazone groups is 1. The summed E-state index contributed by atoms with van der Waals surface area (Å²) in [5, 5.41) is 4.14. The second-order valence-electron chi connectivity index (χ2n) is 4.60. The van der Waals surface area contributed by atoms with E-state index in [0.717, 1.165) is 0 Å². The molecular weight excluding hydrogens is 271 g/mol. The zero-order valence-corrected chi connectivity index (χ0v) is 11.2. The van der Waals surface area contributed by atoms with Crippen molar-refractivity contribution in [2.75, 3.05) is 12.0 Å². The molecular formula is C16H13FN2O2. The van der Waals surface area contributed by atoms with Crippen LogP contribution in [0.25, 0.3) is 0 Å². The Morgan fingerprint density at radius 3 is 2.67 bits per heavy atom. The molecule has 1 aliphatic rings. The number of fused-ring (bicyclic) bond motifs is 1. The van der Waals surface area contributed by atoms with Gasteiger partial charge in [0.1, 0.15) is 17.3 Å². The first kappa shape index (κ1) is 13.3. The van der Waals surface area contributed by atoms with Gasteiger partial charge < -0.3 is 4.74 Å². The molecule has 0 unspecified atom stereocenters. The Morgan fingerprint density at radius 1 is 1.10 bits per heavy atom. The van der Waals surface area contributed by atoms with Gasteiger partial charge in [0, 0.05) is 6.42 Å². The molecule has 1 N–H and O–H groups in total. The number of nitrogens with zero attached hydrogens (tertiary/aromatic N) is 1. The van der Waals surface area contributed by atoms with E-state index in [9.17, 15) is 9.18 Å². The number of rotatable bonds is 2. The Hall–Kier alpha value is -2.69. The summed E-state index contributed by atoms with van der Waals surface area (Å²) >= 11 is 0. The van der Waals surface area contributed by atoms with Gasteiger partial charge in [-0.15, -0.1) is 0 Å². The predicted molar refractivity (Wildman–Crippen MR) is 78.3 cm³/mol. The normalized spacial score (nSPS) is 16.0. The number of Topliss-reactive ketones (excluding diaryl/α,β-unsaturated/α-hetero) is 1. The van der Waals surface area contributed by atoms with Crippen LogP contribution in [0.2, 0.25) is 0 Å². The fourth-order valence-corrected chi connectivity index (χ4v) is 2.07. The lowest BCUT2D eigenvalue weighted by atomic mass is 10.1. The highest BCUT2D eigenvalue weighted by Gasteiger charge is 2.22. The van der Waals surface area contributed by atoms with E-state index in [1.807, 2.05) is 6.07 Å². The van der Waals surface area contributed by atoms with Crippen molar-refractivity contribution in [3.05, 3.63) is 59.9 Å². The number of carbonyl (C=O) groups excluding carboxylic acids is 1. The van der Waals surface area contributed by atoms with Crippen LogP contribution in [0.3, 0.4) is 0 Å². The van der Waals surface area contributed by atoms with Gasteiger partial charge in [-0.1, -0.05) is 12.1 Å². The minimum absolute atomic E-state index is 0.155. The van der Waals surface area contributed by atoms with E-state index in [1.165, 1.54) is 12.1 Å². The van der Waals surface area contributed by atoms with Gasteiger partial charge in [0.05, 0.1) is 17.9 Å². The van der Waals surface area contributed by atoms with Crippen LogP contribution in [0.4, 0.5) is 10.1 Å². The third kappa shape index (κ3) is 2.91. The number of nitrogens with one attached hydrogen (secondary N) is 1. The summed E-state index contributed by atoms with van der Waals surface area (Å²) in [6.45, 7) is 0.396. The number of ketones is 1. The van der Waals surface area contributed by atoms with Crippen molar-refractivity contribution in [1.82, 2.24) is 0 Å². The molecule has 0 amide bonds. The fraction of sp³-hybridized carbons (Fsp3) is 0.125. The van der Waals surface area contributed by atoms with Crippen molar-refractivity contribution in [3.8, 4) is 5.75 Å². The molecule has 4 nitrogen and oxygen atoms in total. The topological polar surface area (TPSA) is 50.7 Å². The Bertz CT molecular complexity index is 696. The molecule has 21 heavy (non-hydrogen) atoms. The lowest BCUT2D eigenvalue weighted by Gasteiger charge is -2.04. The van der Waals surface area contributed by atoms with Crippen molar-refractivity contribution in [1.29, 1.82) is 0 Å². The van der Waals surface area contributed by atoms with E-state index in [1.54, 1.807) is 30.3 Å². The molecule has 1 heterocycles. The molecule has 5 heteroatoms. The number of benzene rings is 2. The van der Waals surface area contributed by atoms with Crippen molar-refractivity contribution in [2.24, 2.45) is 5.10 Å². The van der Waals surface area contributed by atoms with Gasteiger partial charge in [-0.2, -0.15) is 5.10 Å². The number of ether oxygens (including phenoxy) is 1.